The number of rotatable bonds is 4. The molecule has 1 saturated carbocycles. The van der Waals surface area contributed by atoms with E-state index in [2.05, 4.69) is 33.0 Å². The number of hydrogen-bond acceptors (Lipinski definition) is 2. The van der Waals surface area contributed by atoms with Crippen molar-refractivity contribution in [1.29, 1.82) is 0 Å². The van der Waals surface area contributed by atoms with Crippen molar-refractivity contribution in [2.75, 3.05) is 26.3 Å². The molecular formula is C14H27NO. The quantitative estimate of drug-likeness (QED) is 0.794. The summed E-state index contributed by atoms with van der Waals surface area (Å²) < 4.78 is 5.38. The number of nitrogens with one attached hydrogen (secondary N) is 1. The van der Waals surface area contributed by atoms with Gasteiger partial charge in [-0.2, -0.15) is 0 Å². The largest absolute Gasteiger partial charge is 0.381 e. The van der Waals surface area contributed by atoms with Gasteiger partial charge in [0.25, 0.3) is 0 Å². The summed E-state index contributed by atoms with van der Waals surface area (Å²) in [4.78, 5) is 0. The third-order valence-corrected chi connectivity index (χ3v) is 5.44. The molecule has 1 aliphatic carbocycles. The summed E-state index contributed by atoms with van der Waals surface area (Å²) in [6, 6.07) is 0. The first-order chi connectivity index (χ1) is 7.46. The predicted molar refractivity (Wildman–Crippen MR) is 67.5 cm³/mol. The van der Waals surface area contributed by atoms with Gasteiger partial charge in [-0.1, -0.05) is 27.7 Å². The van der Waals surface area contributed by atoms with Crippen LogP contribution in [0, 0.1) is 22.7 Å². The molecule has 2 aliphatic rings. The molecule has 2 fully saturated rings. The average molecular weight is 225 g/mol. The van der Waals surface area contributed by atoms with Crippen LogP contribution in [-0.4, -0.2) is 26.3 Å². The topological polar surface area (TPSA) is 21.3 Å². The molecular weight excluding hydrogens is 198 g/mol. The highest BCUT2D eigenvalue weighted by Gasteiger charge is 2.63. The van der Waals surface area contributed by atoms with E-state index in [-0.39, 0.29) is 0 Å². The fourth-order valence-corrected chi connectivity index (χ4v) is 3.23. The summed E-state index contributed by atoms with van der Waals surface area (Å²) in [7, 11) is 0. The van der Waals surface area contributed by atoms with Gasteiger partial charge in [0.05, 0.1) is 0 Å². The molecule has 0 aromatic heterocycles. The predicted octanol–water partition coefficient (Wildman–Crippen LogP) is 2.68. The summed E-state index contributed by atoms with van der Waals surface area (Å²) in [6.45, 7) is 13.9. The molecule has 0 amide bonds. The fourth-order valence-electron chi connectivity index (χ4n) is 3.23. The lowest BCUT2D eigenvalue weighted by atomic mass is 10.0. The van der Waals surface area contributed by atoms with Crippen molar-refractivity contribution >= 4 is 0 Å². The molecule has 1 N–H and O–H groups in total. The summed E-state index contributed by atoms with van der Waals surface area (Å²) in [6.07, 6.45) is 2.48. The zero-order valence-electron chi connectivity index (χ0n) is 11.3. The molecule has 1 saturated heterocycles. The Hall–Kier alpha value is -0.0800. The molecule has 16 heavy (non-hydrogen) atoms. The van der Waals surface area contributed by atoms with Crippen molar-refractivity contribution in [2.45, 2.75) is 40.5 Å². The molecule has 0 spiro atoms. The lowest BCUT2D eigenvalue weighted by Gasteiger charge is -2.22. The van der Waals surface area contributed by atoms with Crippen molar-refractivity contribution in [2.24, 2.45) is 22.7 Å². The lowest BCUT2D eigenvalue weighted by molar-refractivity contribution is 0.0662. The SMILES string of the molecule is CC1(C)C(CNCC2CCOCC2)C1(C)C. The van der Waals surface area contributed by atoms with E-state index in [1.165, 1.54) is 25.9 Å². The van der Waals surface area contributed by atoms with Crippen molar-refractivity contribution in [1.82, 2.24) is 5.32 Å². The minimum Gasteiger partial charge on any atom is -0.381 e. The van der Waals surface area contributed by atoms with E-state index in [0.29, 0.717) is 10.8 Å². The fraction of sp³-hybridized carbons (Fsp3) is 1.00. The monoisotopic (exact) mass is 225 g/mol. The minimum atomic E-state index is 0.523. The molecule has 0 atom stereocenters. The van der Waals surface area contributed by atoms with Crippen LogP contribution in [0.4, 0.5) is 0 Å². The van der Waals surface area contributed by atoms with Gasteiger partial charge in [-0.3, -0.25) is 0 Å². The molecule has 0 radical (unpaired) electrons. The first-order valence-corrected chi connectivity index (χ1v) is 6.74. The molecule has 1 aliphatic heterocycles. The maximum atomic E-state index is 5.38. The lowest BCUT2D eigenvalue weighted by Crippen LogP contribution is -2.29. The summed E-state index contributed by atoms with van der Waals surface area (Å²) in [5.41, 5.74) is 1.05. The first-order valence-electron chi connectivity index (χ1n) is 6.74. The molecule has 0 unspecified atom stereocenters. The van der Waals surface area contributed by atoms with E-state index in [1.54, 1.807) is 0 Å². The van der Waals surface area contributed by atoms with E-state index in [1.807, 2.05) is 0 Å². The van der Waals surface area contributed by atoms with Crippen LogP contribution >= 0.6 is 0 Å². The van der Waals surface area contributed by atoms with Crippen molar-refractivity contribution in [3.05, 3.63) is 0 Å². The van der Waals surface area contributed by atoms with Gasteiger partial charge >= 0.3 is 0 Å². The van der Waals surface area contributed by atoms with Crippen LogP contribution in [-0.2, 0) is 4.74 Å². The van der Waals surface area contributed by atoms with Gasteiger partial charge in [-0.15, -0.1) is 0 Å². The van der Waals surface area contributed by atoms with Gasteiger partial charge in [0, 0.05) is 13.2 Å². The molecule has 2 rings (SSSR count). The molecule has 94 valence electrons. The third kappa shape index (κ3) is 2.14. The van der Waals surface area contributed by atoms with E-state index in [9.17, 15) is 0 Å². The Labute approximate surface area is 100 Å². The van der Waals surface area contributed by atoms with Crippen LogP contribution in [0.5, 0.6) is 0 Å². The molecule has 1 heterocycles. The Morgan fingerprint density at radius 3 is 2.06 bits per heavy atom. The van der Waals surface area contributed by atoms with Crippen LogP contribution in [0.2, 0.25) is 0 Å². The number of hydrogen-bond donors (Lipinski definition) is 1. The van der Waals surface area contributed by atoms with Crippen LogP contribution in [0.1, 0.15) is 40.5 Å². The highest BCUT2D eigenvalue weighted by Crippen LogP contribution is 2.67. The highest BCUT2D eigenvalue weighted by atomic mass is 16.5. The molecule has 2 nitrogen and oxygen atoms in total. The van der Waals surface area contributed by atoms with Crippen LogP contribution in [0.15, 0.2) is 0 Å². The molecule has 0 bridgehead atoms. The van der Waals surface area contributed by atoms with Crippen LogP contribution < -0.4 is 5.32 Å². The second-order valence-electron chi connectivity index (χ2n) is 6.71. The van der Waals surface area contributed by atoms with Gasteiger partial charge in [-0.25, -0.2) is 0 Å². The normalized spacial score (nSPS) is 29.2. The van der Waals surface area contributed by atoms with E-state index < -0.39 is 0 Å². The highest BCUT2D eigenvalue weighted by molar-refractivity contribution is 5.12. The standard InChI is InChI=1S/C14H27NO/c1-13(2)12(14(13,3)4)10-15-9-11-5-7-16-8-6-11/h11-12,15H,5-10H2,1-4H3. The smallest absolute Gasteiger partial charge is 0.0469 e. The van der Waals surface area contributed by atoms with Crippen molar-refractivity contribution in [3.63, 3.8) is 0 Å². The Morgan fingerprint density at radius 1 is 1.00 bits per heavy atom. The van der Waals surface area contributed by atoms with Crippen molar-refractivity contribution in [3.8, 4) is 0 Å². The van der Waals surface area contributed by atoms with Gasteiger partial charge in [0.15, 0.2) is 0 Å². The van der Waals surface area contributed by atoms with Crippen molar-refractivity contribution < 1.29 is 4.74 Å². The van der Waals surface area contributed by atoms with Gasteiger partial charge in [-0.05, 0) is 48.6 Å². The number of ether oxygens (including phenoxy) is 1. The molecule has 2 heteroatoms. The second kappa shape index (κ2) is 4.30. The average Bonchev–Trinajstić information content (AvgIpc) is 2.62. The Balaban J connectivity index is 1.66. The Morgan fingerprint density at radius 2 is 1.56 bits per heavy atom. The maximum absolute atomic E-state index is 5.38. The zero-order valence-corrected chi connectivity index (χ0v) is 11.3. The Kier molecular flexibility index (Phi) is 3.33. The van der Waals surface area contributed by atoms with Gasteiger partial charge < -0.3 is 10.1 Å². The summed E-state index contributed by atoms with van der Waals surface area (Å²) in [5.74, 6) is 1.69. The van der Waals surface area contributed by atoms with Gasteiger partial charge in [0.1, 0.15) is 0 Å². The van der Waals surface area contributed by atoms with Crippen LogP contribution in [0.3, 0.4) is 0 Å². The first kappa shape index (κ1) is 12.4. The van der Waals surface area contributed by atoms with Crippen LogP contribution in [0.25, 0.3) is 0 Å². The zero-order chi connectivity index (χ0) is 11.8. The third-order valence-electron chi connectivity index (χ3n) is 5.44. The van der Waals surface area contributed by atoms with Gasteiger partial charge in [0.2, 0.25) is 0 Å². The Bertz CT molecular complexity index is 227. The maximum Gasteiger partial charge on any atom is 0.0469 e. The van der Waals surface area contributed by atoms with E-state index in [0.717, 1.165) is 25.0 Å². The second-order valence-corrected chi connectivity index (χ2v) is 6.71. The van der Waals surface area contributed by atoms with E-state index in [4.69, 9.17) is 4.74 Å². The minimum absolute atomic E-state index is 0.523. The molecule has 0 aromatic carbocycles. The summed E-state index contributed by atoms with van der Waals surface area (Å²) in [5, 5.41) is 3.67. The molecule has 0 aromatic rings. The summed E-state index contributed by atoms with van der Waals surface area (Å²) >= 11 is 0. The van der Waals surface area contributed by atoms with E-state index >= 15 is 0 Å².